The number of rotatable bonds is 3. The molecule has 2 N–H and O–H groups in total. The van der Waals surface area contributed by atoms with Gasteiger partial charge in [-0.05, 0) is 38.3 Å². The smallest absolute Gasteiger partial charge is 0.325 e. The second-order valence-electron chi connectivity index (χ2n) is 6.37. The zero-order valence-corrected chi connectivity index (χ0v) is 15.3. The predicted molar refractivity (Wildman–Crippen MR) is 101 cm³/mol. The predicted octanol–water partition coefficient (Wildman–Crippen LogP) is 3.33. The molecule has 2 aromatic rings. The quantitative estimate of drug-likeness (QED) is 0.855. The van der Waals surface area contributed by atoms with Gasteiger partial charge in [-0.15, -0.1) is 10.2 Å². The Morgan fingerprint density at radius 2 is 2.04 bits per heavy atom. The molecule has 2 aliphatic rings. The molecule has 1 atom stereocenters. The van der Waals surface area contributed by atoms with Crippen LogP contribution in [-0.4, -0.2) is 42.0 Å². The Labute approximate surface area is 155 Å². The molecule has 0 spiro atoms. The van der Waals surface area contributed by atoms with Crippen LogP contribution in [0.2, 0.25) is 0 Å². The van der Waals surface area contributed by atoms with Crippen molar-refractivity contribution in [3.63, 3.8) is 0 Å². The van der Waals surface area contributed by atoms with E-state index in [-0.39, 0.29) is 6.03 Å². The van der Waals surface area contributed by atoms with Gasteiger partial charge in [-0.1, -0.05) is 11.3 Å². The van der Waals surface area contributed by atoms with Crippen LogP contribution in [0.4, 0.5) is 20.7 Å². The molecule has 2 amide bonds. The summed E-state index contributed by atoms with van der Waals surface area (Å²) < 4.78 is 11.0. The van der Waals surface area contributed by atoms with Crippen molar-refractivity contribution >= 4 is 33.3 Å². The first-order valence-corrected chi connectivity index (χ1v) is 9.58. The van der Waals surface area contributed by atoms with E-state index in [1.165, 1.54) is 17.8 Å². The fourth-order valence-corrected chi connectivity index (χ4v) is 4.01. The average molecular weight is 375 g/mol. The third-order valence-corrected chi connectivity index (χ3v) is 5.36. The van der Waals surface area contributed by atoms with Crippen molar-refractivity contribution in [1.82, 2.24) is 10.2 Å². The van der Waals surface area contributed by atoms with Gasteiger partial charge in [0, 0.05) is 24.3 Å². The first-order chi connectivity index (χ1) is 12.7. The molecule has 1 saturated heterocycles. The summed E-state index contributed by atoms with van der Waals surface area (Å²) in [5, 5.41) is 15.2. The minimum Gasteiger partial charge on any atom is -0.486 e. The van der Waals surface area contributed by atoms with Crippen molar-refractivity contribution < 1.29 is 14.3 Å². The number of ether oxygens (including phenoxy) is 2. The average Bonchev–Trinajstić information content (AvgIpc) is 3.10. The largest absolute Gasteiger partial charge is 0.486 e. The Hall–Kier alpha value is -2.55. The van der Waals surface area contributed by atoms with Gasteiger partial charge in [-0.2, -0.15) is 0 Å². The van der Waals surface area contributed by atoms with Gasteiger partial charge in [0.1, 0.15) is 13.2 Å². The summed E-state index contributed by atoms with van der Waals surface area (Å²) in [5.74, 6) is 1.32. The Bertz CT molecular complexity index is 796. The van der Waals surface area contributed by atoms with E-state index >= 15 is 0 Å². The van der Waals surface area contributed by atoms with Crippen molar-refractivity contribution in [2.75, 3.05) is 35.3 Å². The third-order valence-electron chi connectivity index (χ3n) is 4.48. The fraction of sp³-hybridized carbons (Fsp3) is 0.471. The number of benzene rings is 1. The van der Waals surface area contributed by atoms with Crippen LogP contribution in [0, 0.1) is 0 Å². The number of fused-ring (bicyclic) bond motifs is 1. The Kier molecular flexibility index (Phi) is 4.79. The normalized spacial score (nSPS) is 19.1. The number of nitrogens with one attached hydrogen (secondary N) is 2. The van der Waals surface area contributed by atoms with E-state index in [0.29, 0.717) is 41.6 Å². The Morgan fingerprint density at radius 3 is 2.88 bits per heavy atom. The van der Waals surface area contributed by atoms with E-state index in [1.54, 1.807) is 18.2 Å². The van der Waals surface area contributed by atoms with Gasteiger partial charge >= 0.3 is 6.03 Å². The highest BCUT2D eigenvalue weighted by Gasteiger charge is 2.22. The maximum atomic E-state index is 12.2. The standard InChI is InChI=1S/C17H21N5O3S/c1-11-4-2-3-7-22(11)17-21-20-16(26-17)19-15(23)18-12-5-6-13-14(10-12)25-9-8-24-13/h5-6,10-11H,2-4,7-9H2,1H3,(H2,18,19,20,23). The molecule has 0 aliphatic carbocycles. The zero-order valence-electron chi connectivity index (χ0n) is 14.5. The van der Waals surface area contributed by atoms with Gasteiger partial charge in [0.05, 0.1) is 0 Å². The van der Waals surface area contributed by atoms with Gasteiger partial charge in [-0.25, -0.2) is 4.79 Å². The summed E-state index contributed by atoms with van der Waals surface area (Å²) in [5.41, 5.74) is 0.626. The van der Waals surface area contributed by atoms with E-state index in [9.17, 15) is 4.79 Å². The molecule has 8 nitrogen and oxygen atoms in total. The number of aromatic nitrogens is 2. The minimum atomic E-state index is -0.365. The molecule has 0 bridgehead atoms. The SMILES string of the molecule is CC1CCCCN1c1nnc(NC(=O)Nc2ccc3c(c2)OCCO3)s1. The molecule has 26 heavy (non-hydrogen) atoms. The first-order valence-electron chi connectivity index (χ1n) is 8.77. The topological polar surface area (TPSA) is 88.6 Å². The second kappa shape index (κ2) is 7.36. The number of nitrogens with zero attached hydrogens (tertiary/aromatic N) is 3. The molecule has 9 heteroatoms. The molecule has 1 fully saturated rings. The van der Waals surface area contributed by atoms with Crippen LogP contribution in [0.25, 0.3) is 0 Å². The molecule has 4 rings (SSSR count). The van der Waals surface area contributed by atoms with Crippen LogP contribution in [0.1, 0.15) is 26.2 Å². The van der Waals surface area contributed by atoms with Crippen LogP contribution >= 0.6 is 11.3 Å². The molecule has 1 unspecified atom stereocenters. The molecule has 3 heterocycles. The van der Waals surface area contributed by atoms with Gasteiger partial charge in [-0.3, -0.25) is 5.32 Å². The number of carbonyl (C=O) groups excluding carboxylic acids is 1. The van der Waals surface area contributed by atoms with Crippen LogP contribution < -0.4 is 25.0 Å². The van der Waals surface area contributed by atoms with Crippen molar-refractivity contribution in [1.29, 1.82) is 0 Å². The first kappa shape index (κ1) is 16.9. The zero-order chi connectivity index (χ0) is 17.9. The minimum absolute atomic E-state index is 0.365. The Morgan fingerprint density at radius 1 is 1.19 bits per heavy atom. The maximum absolute atomic E-state index is 12.2. The van der Waals surface area contributed by atoms with E-state index < -0.39 is 0 Å². The van der Waals surface area contributed by atoms with Crippen molar-refractivity contribution in [3.05, 3.63) is 18.2 Å². The molecule has 0 radical (unpaired) electrons. The number of anilines is 3. The summed E-state index contributed by atoms with van der Waals surface area (Å²) in [7, 11) is 0. The van der Waals surface area contributed by atoms with E-state index in [2.05, 4.69) is 32.7 Å². The van der Waals surface area contributed by atoms with Crippen LogP contribution in [0.15, 0.2) is 18.2 Å². The van der Waals surface area contributed by atoms with E-state index in [4.69, 9.17) is 9.47 Å². The van der Waals surface area contributed by atoms with Crippen molar-refractivity contribution in [2.45, 2.75) is 32.2 Å². The molecule has 1 aromatic heterocycles. The van der Waals surface area contributed by atoms with Crippen molar-refractivity contribution in [2.24, 2.45) is 0 Å². The highest BCUT2D eigenvalue weighted by molar-refractivity contribution is 7.19. The Balaban J connectivity index is 1.38. The third kappa shape index (κ3) is 3.67. The second-order valence-corrected chi connectivity index (χ2v) is 7.32. The van der Waals surface area contributed by atoms with Gasteiger partial charge in [0.25, 0.3) is 0 Å². The number of hydrogen-bond donors (Lipinski definition) is 2. The lowest BCUT2D eigenvalue weighted by atomic mass is 10.1. The molecule has 138 valence electrons. The lowest BCUT2D eigenvalue weighted by Crippen LogP contribution is -2.37. The monoisotopic (exact) mass is 375 g/mol. The van der Waals surface area contributed by atoms with Crippen LogP contribution in [0.5, 0.6) is 11.5 Å². The summed E-state index contributed by atoms with van der Waals surface area (Å²) >= 11 is 1.39. The summed E-state index contributed by atoms with van der Waals surface area (Å²) in [6, 6.07) is 5.39. The summed E-state index contributed by atoms with van der Waals surface area (Å²) in [6.07, 6.45) is 3.57. The van der Waals surface area contributed by atoms with Gasteiger partial charge in [0.15, 0.2) is 11.5 Å². The molecular weight excluding hydrogens is 354 g/mol. The molecule has 1 aromatic carbocycles. The lowest BCUT2D eigenvalue weighted by molar-refractivity contribution is 0.171. The molecular formula is C17H21N5O3S. The summed E-state index contributed by atoms with van der Waals surface area (Å²) in [4.78, 5) is 14.5. The highest BCUT2D eigenvalue weighted by atomic mass is 32.1. The molecule has 2 aliphatic heterocycles. The molecule has 0 saturated carbocycles. The van der Waals surface area contributed by atoms with E-state index in [1.807, 2.05) is 0 Å². The van der Waals surface area contributed by atoms with Gasteiger partial charge < -0.3 is 19.7 Å². The van der Waals surface area contributed by atoms with Crippen LogP contribution in [0.3, 0.4) is 0 Å². The highest BCUT2D eigenvalue weighted by Crippen LogP contribution is 2.33. The fourth-order valence-electron chi connectivity index (χ4n) is 3.14. The number of piperidine rings is 1. The van der Waals surface area contributed by atoms with Gasteiger partial charge in [0.2, 0.25) is 10.3 Å². The van der Waals surface area contributed by atoms with Crippen LogP contribution in [-0.2, 0) is 0 Å². The number of amides is 2. The number of carbonyl (C=O) groups is 1. The number of hydrogen-bond acceptors (Lipinski definition) is 7. The van der Waals surface area contributed by atoms with Crippen molar-refractivity contribution in [3.8, 4) is 11.5 Å². The lowest BCUT2D eigenvalue weighted by Gasteiger charge is -2.32. The summed E-state index contributed by atoms with van der Waals surface area (Å²) in [6.45, 7) is 4.22. The number of urea groups is 1. The van der Waals surface area contributed by atoms with E-state index in [0.717, 1.165) is 24.5 Å². The maximum Gasteiger partial charge on any atom is 0.325 e.